The fourth-order valence-corrected chi connectivity index (χ4v) is 2.55. The van der Waals surface area contributed by atoms with Gasteiger partial charge >= 0.3 is 0 Å². The number of aryl methyl sites for hydroxylation is 2. The smallest absolute Gasteiger partial charge is 0.142 e. The number of anilines is 1. The second-order valence-corrected chi connectivity index (χ2v) is 5.49. The van der Waals surface area contributed by atoms with Crippen molar-refractivity contribution in [1.82, 2.24) is 0 Å². The molecule has 0 amide bonds. The highest BCUT2D eigenvalue weighted by Crippen LogP contribution is 2.32. The third kappa shape index (κ3) is 3.13. The maximum absolute atomic E-state index is 5.57. The molecule has 0 saturated carbocycles. The summed E-state index contributed by atoms with van der Waals surface area (Å²) < 4.78 is 12.0. The zero-order chi connectivity index (χ0) is 14.0. The van der Waals surface area contributed by atoms with E-state index in [1.165, 1.54) is 5.56 Å². The lowest BCUT2D eigenvalue weighted by molar-refractivity contribution is 0.416. The van der Waals surface area contributed by atoms with Gasteiger partial charge in [-0.3, -0.25) is 0 Å². The molecule has 19 heavy (non-hydrogen) atoms. The molecule has 1 unspecified atom stereocenters. The van der Waals surface area contributed by atoms with E-state index < -0.39 is 0 Å². The summed E-state index contributed by atoms with van der Waals surface area (Å²) in [6, 6.07) is 8.13. The Balaban J connectivity index is 2.25. The lowest BCUT2D eigenvalue weighted by Crippen LogP contribution is -2.08. The van der Waals surface area contributed by atoms with Gasteiger partial charge in [-0.2, -0.15) is 0 Å². The van der Waals surface area contributed by atoms with Crippen molar-refractivity contribution in [2.24, 2.45) is 0 Å². The molecule has 1 N–H and O–H groups in total. The van der Waals surface area contributed by atoms with Crippen LogP contribution in [0.2, 0.25) is 0 Å². The predicted octanol–water partition coefficient (Wildman–Crippen LogP) is 4.84. The fraction of sp³-hybridized carbons (Fsp3) is 0.333. The molecule has 3 nitrogen and oxygen atoms in total. The van der Waals surface area contributed by atoms with Crippen LogP contribution in [-0.4, -0.2) is 7.11 Å². The first kappa shape index (κ1) is 14.0. The Kier molecular flexibility index (Phi) is 4.20. The Labute approximate surface area is 122 Å². The highest BCUT2D eigenvalue weighted by atomic mass is 79.9. The summed E-state index contributed by atoms with van der Waals surface area (Å²) in [6.07, 6.45) is 0. The number of methoxy groups -OCH3 is 1. The zero-order valence-corrected chi connectivity index (χ0v) is 13.2. The Morgan fingerprint density at radius 2 is 2.00 bits per heavy atom. The summed E-state index contributed by atoms with van der Waals surface area (Å²) in [6.45, 7) is 6.05. The van der Waals surface area contributed by atoms with Gasteiger partial charge in [0, 0.05) is 10.0 Å². The summed E-state index contributed by atoms with van der Waals surface area (Å²) in [5.41, 5.74) is 2.13. The molecule has 1 heterocycles. The molecule has 0 aliphatic heterocycles. The number of ether oxygens (including phenoxy) is 1. The monoisotopic (exact) mass is 323 g/mol. The topological polar surface area (TPSA) is 34.4 Å². The first-order chi connectivity index (χ1) is 9.01. The maximum Gasteiger partial charge on any atom is 0.142 e. The zero-order valence-electron chi connectivity index (χ0n) is 11.6. The molecular weight excluding hydrogens is 306 g/mol. The van der Waals surface area contributed by atoms with E-state index >= 15 is 0 Å². The van der Waals surface area contributed by atoms with Gasteiger partial charge in [0.05, 0.1) is 18.8 Å². The van der Waals surface area contributed by atoms with Crippen LogP contribution in [0.3, 0.4) is 0 Å². The molecule has 2 rings (SSSR count). The number of benzene rings is 1. The van der Waals surface area contributed by atoms with Gasteiger partial charge in [-0.05, 0) is 45.0 Å². The number of furan rings is 1. The summed E-state index contributed by atoms with van der Waals surface area (Å²) in [5, 5.41) is 3.46. The SMILES string of the molecule is COc1ccc(Br)cc1NC(C)c1cc(C)oc1C. The largest absolute Gasteiger partial charge is 0.495 e. The molecule has 4 heteroatoms. The summed E-state index contributed by atoms with van der Waals surface area (Å²) in [5.74, 6) is 2.71. The number of halogens is 1. The van der Waals surface area contributed by atoms with Gasteiger partial charge < -0.3 is 14.5 Å². The molecule has 0 radical (unpaired) electrons. The molecular formula is C15H18BrNO2. The van der Waals surface area contributed by atoms with Crippen LogP contribution in [-0.2, 0) is 0 Å². The van der Waals surface area contributed by atoms with E-state index in [1.807, 2.05) is 32.0 Å². The highest BCUT2D eigenvalue weighted by Gasteiger charge is 2.14. The van der Waals surface area contributed by atoms with E-state index in [2.05, 4.69) is 34.2 Å². The molecule has 1 aromatic carbocycles. The van der Waals surface area contributed by atoms with Gasteiger partial charge in [-0.15, -0.1) is 0 Å². The van der Waals surface area contributed by atoms with Gasteiger partial charge in [0.25, 0.3) is 0 Å². The first-order valence-electron chi connectivity index (χ1n) is 6.18. The number of hydrogen-bond acceptors (Lipinski definition) is 3. The highest BCUT2D eigenvalue weighted by molar-refractivity contribution is 9.10. The molecule has 102 valence electrons. The molecule has 0 fully saturated rings. The predicted molar refractivity (Wildman–Crippen MR) is 80.9 cm³/mol. The van der Waals surface area contributed by atoms with Crippen molar-refractivity contribution in [2.45, 2.75) is 26.8 Å². The minimum absolute atomic E-state index is 0.153. The molecule has 0 aliphatic rings. The van der Waals surface area contributed by atoms with Crippen LogP contribution in [0.5, 0.6) is 5.75 Å². The van der Waals surface area contributed by atoms with E-state index in [9.17, 15) is 0 Å². The fourth-order valence-electron chi connectivity index (χ4n) is 2.18. The second-order valence-electron chi connectivity index (χ2n) is 4.58. The van der Waals surface area contributed by atoms with Crippen molar-refractivity contribution in [3.05, 3.63) is 45.8 Å². The third-order valence-corrected chi connectivity index (χ3v) is 3.57. The average Bonchev–Trinajstić information content (AvgIpc) is 2.69. The first-order valence-corrected chi connectivity index (χ1v) is 6.97. The van der Waals surface area contributed by atoms with Crippen LogP contribution in [0, 0.1) is 13.8 Å². The van der Waals surface area contributed by atoms with Crippen molar-refractivity contribution in [2.75, 3.05) is 12.4 Å². The molecule has 2 aromatic rings. The van der Waals surface area contributed by atoms with Crippen molar-refractivity contribution in [3.8, 4) is 5.75 Å². The van der Waals surface area contributed by atoms with Crippen LogP contribution < -0.4 is 10.1 Å². The van der Waals surface area contributed by atoms with Gasteiger partial charge in [-0.25, -0.2) is 0 Å². The van der Waals surface area contributed by atoms with Crippen LogP contribution in [0.4, 0.5) is 5.69 Å². The number of rotatable bonds is 4. The van der Waals surface area contributed by atoms with Gasteiger partial charge in [0.15, 0.2) is 0 Å². The van der Waals surface area contributed by atoms with Crippen molar-refractivity contribution >= 4 is 21.6 Å². The van der Waals surface area contributed by atoms with Crippen molar-refractivity contribution in [1.29, 1.82) is 0 Å². The minimum atomic E-state index is 0.153. The number of nitrogens with one attached hydrogen (secondary N) is 1. The Morgan fingerprint density at radius 1 is 1.26 bits per heavy atom. The Bertz CT molecular complexity index is 578. The number of hydrogen-bond donors (Lipinski definition) is 1. The minimum Gasteiger partial charge on any atom is -0.495 e. The van der Waals surface area contributed by atoms with Crippen LogP contribution >= 0.6 is 15.9 Å². The summed E-state index contributed by atoms with van der Waals surface area (Å²) >= 11 is 3.48. The second kappa shape index (κ2) is 5.70. The molecule has 0 bridgehead atoms. The average molecular weight is 324 g/mol. The molecule has 0 aliphatic carbocycles. The Hall–Kier alpha value is -1.42. The van der Waals surface area contributed by atoms with E-state index in [4.69, 9.17) is 9.15 Å². The third-order valence-electron chi connectivity index (χ3n) is 3.08. The molecule has 0 saturated heterocycles. The standard InChI is InChI=1S/C15H18BrNO2/c1-9-7-13(11(3)19-9)10(2)17-14-8-12(16)5-6-15(14)18-4/h5-8,10,17H,1-4H3. The van der Waals surface area contributed by atoms with E-state index in [0.717, 1.165) is 27.4 Å². The van der Waals surface area contributed by atoms with E-state index in [-0.39, 0.29) is 6.04 Å². The van der Waals surface area contributed by atoms with E-state index in [1.54, 1.807) is 7.11 Å². The van der Waals surface area contributed by atoms with Crippen LogP contribution in [0.15, 0.2) is 33.2 Å². The normalized spacial score (nSPS) is 12.3. The van der Waals surface area contributed by atoms with Gasteiger partial charge in [-0.1, -0.05) is 15.9 Å². The van der Waals surface area contributed by atoms with E-state index in [0.29, 0.717) is 0 Å². The lowest BCUT2D eigenvalue weighted by atomic mass is 10.1. The van der Waals surface area contributed by atoms with Gasteiger partial charge in [0.2, 0.25) is 0 Å². The Morgan fingerprint density at radius 3 is 2.58 bits per heavy atom. The summed E-state index contributed by atoms with van der Waals surface area (Å²) in [7, 11) is 1.67. The quantitative estimate of drug-likeness (QED) is 0.874. The molecule has 0 spiro atoms. The van der Waals surface area contributed by atoms with Crippen LogP contribution in [0.1, 0.15) is 30.0 Å². The summed E-state index contributed by atoms with van der Waals surface area (Å²) in [4.78, 5) is 0. The molecule has 1 aromatic heterocycles. The van der Waals surface area contributed by atoms with Crippen molar-refractivity contribution < 1.29 is 9.15 Å². The maximum atomic E-state index is 5.57. The van der Waals surface area contributed by atoms with Crippen LogP contribution in [0.25, 0.3) is 0 Å². The lowest BCUT2D eigenvalue weighted by Gasteiger charge is -2.17. The van der Waals surface area contributed by atoms with Gasteiger partial charge in [0.1, 0.15) is 17.3 Å². The molecule has 1 atom stereocenters. The van der Waals surface area contributed by atoms with Crippen molar-refractivity contribution in [3.63, 3.8) is 0 Å².